The highest BCUT2D eigenvalue weighted by Crippen LogP contribution is 2.23. The molecule has 1 saturated carbocycles. The van der Waals surface area contributed by atoms with Crippen LogP contribution in [0.1, 0.15) is 47.9 Å². The Morgan fingerprint density at radius 2 is 1.68 bits per heavy atom. The maximum atomic E-state index is 13.8. The fourth-order valence-corrected chi connectivity index (χ4v) is 6.07. The lowest BCUT2D eigenvalue weighted by Crippen LogP contribution is -2.52. The number of hydrogen-bond acceptors (Lipinski definition) is 3. The zero-order valence-electron chi connectivity index (χ0n) is 21.4. The predicted octanol–water partition coefficient (Wildman–Crippen LogP) is 6.58. The van der Waals surface area contributed by atoms with E-state index >= 15 is 0 Å². The summed E-state index contributed by atoms with van der Waals surface area (Å²) in [5.74, 6) is 0.814. The Hall–Kier alpha value is -2.76. The van der Waals surface area contributed by atoms with E-state index in [9.17, 15) is 9.59 Å². The highest BCUT2D eigenvalue weighted by Gasteiger charge is 2.32. The number of carbonyl (C=O) groups is 2. The summed E-state index contributed by atoms with van der Waals surface area (Å²) >= 11 is 7.86. The van der Waals surface area contributed by atoms with Gasteiger partial charge >= 0.3 is 0 Å². The first kappa shape index (κ1) is 27.3. The molecular formula is C31H35ClN2O2S. The second-order valence-corrected chi connectivity index (χ2v) is 11.2. The summed E-state index contributed by atoms with van der Waals surface area (Å²) < 4.78 is 0. The number of aryl methyl sites for hydroxylation is 1. The van der Waals surface area contributed by atoms with Crippen molar-refractivity contribution in [2.75, 3.05) is 5.75 Å². The second-order valence-electron chi connectivity index (χ2n) is 9.79. The fourth-order valence-electron chi connectivity index (χ4n) is 4.88. The van der Waals surface area contributed by atoms with Crippen LogP contribution < -0.4 is 5.32 Å². The molecule has 3 aromatic carbocycles. The summed E-state index contributed by atoms with van der Waals surface area (Å²) in [5.41, 5.74) is 4.20. The Kier molecular flexibility index (Phi) is 10.1. The van der Waals surface area contributed by atoms with E-state index in [1.165, 1.54) is 11.8 Å². The zero-order valence-corrected chi connectivity index (χ0v) is 22.9. The first-order valence-corrected chi connectivity index (χ1v) is 14.5. The van der Waals surface area contributed by atoms with Crippen LogP contribution >= 0.6 is 23.4 Å². The summed E-state index contributed by atoms with van der Waals surface area (Å²) in [4.78, 5) is 29.3. The zero-order chi connectivity index (χ0) is 26.0. The Morgan fingerprint density at radius 1 is 0.973 bits per heavy atom. The van der Waals surface area contributed by atoms with Crippen LogP contribution in [-0.2, 0) is 28.3 Å². The molecule has 0 spiro atoms. The van der Waals surface area contributed by atoms with Gasteiger partial charge in [-0.25, -0.2) is 0 Å². The van der Waals surface area contributed by atoms with E-state index in [2.05, 4.69) is 11.4 Å². The van der Waals surface area contributed by atoms with Crippen molar-refractivity contribution in [2.24, 2.45) is 0 Å². The average Bonchev–Trinajstić information content (AvgIpc) is 3.41. The van der Waals surface area contributed by atoms with Crippen LogP contribution in [0.25, 0.3) is 0 Å². The number of rotatable bonds is 11. The maximum Gasteiger partial charge on any atom is 0.243 e. The van der Waals surface area contributed by atoms with Gasteiger partial charge < -0.3 is 10.2 Å². The van der Waals surface area contributed by atoms with Crippen molar-refractivity contribution < 1.29 is 9.59 Å². The minimum Gasteiger partial charge on any atom is -0.352 e. The smallest absolute Gasteiger partial charge is 0.243 e. The maximum absolute atomic E-state index is 13.8. The van der Waals surface area contributed by atoms with Gasteiger partial charge in [-0.3, -0.25) is 9.59 Å². The van der Waals surface area contributed by atoms with E-state index in [1.807, 2.05) is 79.7 Å². The van der Waals surface area contributed by atoms with Crippen LogP contribution in [0.2, 0.25) is 5.02 Å². The Morgan fingerprint density at radius 3 is 2.41 bits per heavy atom. The average molecular weight is 535 g/mol. The number of hydrogen-bond donors (Lipinski definition) is 1. The molecule has 194 valence electrons. The lowest BCUT2D eigenvalue weighted by atomic mass is 10.0. The van der Waals surface area contributed by atoms with Crippen LogP contribution in [0.3, 0.4) is 0 Å². The molecule has 1 aliphatic carbocycles. The molecule has 0 radical (unpaired) electrons. The topological polar surface area (TPSA) is 49.4 Å². The molecule has 0 heterocycles. The lowest BCUT2D eigenvalue weighted by Gasteiger charge is -2.32. The van der Waals surface area contributed by atoms with Crippen LogP contribution in [0.15, 0.2) is 78.9 Å². The minimum atomic E-state index is -0.586. The van der Waals surface area contributed by atoms with Gasteiger partial charge in [0, 0.05) is 29.8 Å². The van der Waals surface area contributed by atoms with Gasteiger partial charge in [0.15, 0.2) is 0 Å². The summed E-state index contributed by atoms with van der Waals surface area (Å²) in [7, 11) is 0. The molecule has 37 heavy (non-hydrogen) atoms. The molecule has 0 aromatic heterocycles. The van der Waals surface area contributed by atoms with Gasteiger partial charge in [0.25, 0.3) is 0 Å². The molecule has 0 aliphatic heterocycles. The summed E-state index contributed by atoms with van der Waals surface area (Å²) in [5, 5.41) is 3.97. The SMILES string of the molecule is Cc1cccc(CN(C(=O)CSCc2ccccc2Cl)C(Cc2ccccc2)C(=O)NC2CCCC2)c1. The van der Waals surface area contributed by atoms with Crippen molar-refractivity contribution in [3.63, 3.8) is 0 Å². The number of thioether (sulfide) groups is 1. The van der Waals surface area contributed by atoms with Gasteiger partial charge in [-0.2, -0.15) is 0 Å². The third-order valence-corrected chi connectivity index (χ3v) is 8.18. The van der Waals surface area contributed by atoms with Crippen molar-refractivity contribution in [2.45, 2.75) is 63.4 Å². The fraction of sp³-hybridized carbons (Fsp3) is 0.355. The summed E-state index contributed by atoms with van der Waals surface area (Å²) in [6, 6.07) is 25.5. The minimum absolute atomic E-state index is 0.0407. The normalized spacial score (nSPS) is 14.3. The number of nitrogens with one attached hydrogen (secondary N) is 1. The molecule has 3 aromatic rings. The number of benzene rings is 3. The van der Waals surface area contributed by atoms with Crippen molar-refractivity contribution in [3.8, 4) is 0 Å². The van der Waals surface area contributed by atoms with Gasteiger partial charge in [0.1, 0.15) is 6.04 Å². The van der Waals surface area contributed by atoms with Crippen LogP contribution in [-0.4, -0.2) is 34.6 Å². The van der Waals surface area contributed by atoms with E-state index in [0.717, 1.165) is 47.9 Å². The van der Waals surface area contributed by atoms with Crippen molar-refractivity contribution in [1.29, 1.82) is 0 Å². The number of halogens is 1. The Balaban J connectivity index is 1.57. The van der Waals surface area contributed by atoms with Gasteiger partial charge in [-0.05, 0) is 42.5 Å². The molecule has 1 unspecified atom stereocenters. The monoisotopic (exact) mass is 534 g/mol. The number of amides is 2. The van der Waals surface area contributed by atoms with Gasteiger partial charge in [-0.15, -0.1) is 11.8 Å². The van der Waals surface area contributed by atoms with Crippen molar-refractivity contribution in [3.05, 3.63) is 106 Å². The van der Waals surface area contributed by atoms with Crippen molar-refractivity contribution >= 4 is 35.2 Å². The number of carbonyl (C=O) groups excluding carboxylic acids is 2. The third kappa shape index (κ3) is 8.11. The standard InChI is InChI=1S/C31H35ClN2O2S/c1-23-10-9-13-25(18-23)20-34(30(35)22-37-21-26-14-5-8-17-28(26)32)29(19-24-11-3-2-4-12-24)31(36)33-27-15-6-7-16-27/h2-5,8-14,17-18,27,29H,6-7,15-16,19-22H2,1H3,(H,33,36). The van der Waals surface area contributed by atoms with E-state index in [4.69, 9.17) is 11.6 Å². The summed E-state index contributed by atoms with van der Waals surface area (Å²) in [6.07, 6.45) is 4.76. The van der Waals surface area contributed by atoms with Gasteiger partial charge in [0.2, 0.25) is 11.8 Å². The third-order valence-electron chi connectivity index (χ3n) is 6.85. The van der Waals surface area contributed by atoms with E-state index in [-0.39, 0.29) is 23.6 Å². The largest absolute Gasteiger partial charge is 0.352 e. The Bertz CT molecular complexity index is 1180. The van der Waals surface area contributed by atoms with Crippen LogP contribution in [0.4, 0.5) is 0 Å². The molecule has 0 saturated heterocycles. The Labute approximate surface area is 229 Å². The molecule has 1 fully saturated rings. The molecule has 4 nitrogen and oxygen atoms in total. The molecule has 4 rings (SSSR count). The first-order valence-electron chi connectivity index (χ1n) is 13.0. The molecule has 1 N–H and O–H groups in total. The van der Waals surface area contributed by atoms with E-state index in [1.54, 1.807) is 4.90 Å². The molecular weight excluding hydrogens is 500 g/mol. The van der Waals surface area contributed by atoms with E-state index in [0.29, 0.717) is 23.7 Å². The van der Waals surface area contributed by atoms with Gasteiger partial charge in [-0.1, -0.05) is 103 Å². The summed E-state index contributed by atoms with van der Waals surface area (Å²) in [6.45, 7) is 2.44. The lowest BCUT2D eigenvalue weighted by molar-refractivity contribution is -0.139. The van der Waals surface area contributed by atoms with Crippen LogP contribution in [0, 0.1) is 6.92 Å². The van der Waals surface area contributed by atoms with Crippen LogP contribution in [0.5, 0.6) is 0 Å². The second kappa shape index (κ2) is 13.7. The molecule has 1 aliphatic rings. The molecule has 0 bridgehead atoms. The predicted molar refractivity (Wildman–Crippen MR) is 154 cm³/mol. The van der Waals surface area contributed by atoms with E-state index < -0.39 is 6.04 Å². The highest BCUT2D eigenvalue weighted by molar-refractivity contribution is 7.99. The molecule has 6 heteroatoms. The quantitative estimate of drug-likeness (QED) is 0.302. The number of nitrogens with zero attached hydrogens (tertiary/aromatic N) is 1. The molecule has 2 amide bonds. The highest BCUT2D eigenvalue weighted by atomic mass is 35.5. The van der Waals surface area contributed by atoms with Gasteiger partial charge in [0.05, 0.1) is 5.75 Å². The first-order chi connectivity index (χ1) is 18.0. The van der Waals surface area contributed by atoms with Crippen molar-refractivity contribution in [1.82, 2.24) is 10.2 Å². The molecule has 1 atom stereocenters.